The summed E-state index contributed by atoms with van der Waals surface area (Å²) in [6, 6.07) is 3.09. The summed E-state index contributed by atoms with van der Waals surface area (Å²) in [5.41, 5.74) is 1.69. The van der Waals surface area contributed by atoms with E-state index < -0.39 is 4.92 Å². The minimum Gasteiger partial charge on any atom is -0.338 e. The molecular weight excluding hydrogens is 342 g/mol. The van der Waals surface area contributed by atoms with Gasteiger partial charge in [-0.05, 0) is 54.7 Å². The minimum absolute atomic E-state index is 0.0252. The number of hydrogen-bond acceptors (Lipinski definition) is 5. The van der Waals surface area contributed by atoms with Gasteiger partial charge in [-0.15, -0.1) is 0 Å². The predicted molar refractivity (Wildman–Crippen MR) is 103 cm³/mol. The van der Waals surface area contributed by atoms with Gasteiger partial charge in [0.15, 0.2) is 5.17 Å². The van der Waals surface area contributed by atoms with Crippen molar-refractivity contribution < 1.29 is 14.4 Å². The molecule has 1 aromatic heterocycles. The fourth-order valence-corrected chi connectivity index (χ4v) is 2.55. The molecule has 0 N–H and O–H groups in total. The smallest absolute Gasteiger partial charge is 0.287 e. The third kappa shape index (κ3) is 8.87. The standard InChI is InChI=1S/C17H27N3O4S/c1-16(2,3)23-12-25-15(24-17(4,5)6)19(7)11-13-8-9-14(10-18-13)20(21)22/h8-10,12H,11H2,1-7H3. The van der Waals surface area contributed by atoms with Crippen LogP contribution in [-0.4, -0.2) is 43.8 Å². The Morgan fingerprint density at radius 3 is 2.36 bits per heavy atom. The van der Waals surface area contributed by atoms with E-state index in [0.29, 0.717) is 17.4 Å². The van der Waals surface area contributed by atoms with E-state index in [1.54, 1.807) is 11.6 Å². The molecule has 140 valence electrons. The van der Waals surface area contributed by atoms with Gasteiger partial charge in [-0.1, -0.05) is 10.9 Å². The summed E-state index contributed by atoms with van der Waals surface area (Å²) in [7, 11) is 3.22. The molecule has 0 saturated carbocycles. The maximum Gasteiger partial charge on any atom is 0.287 e. The minimum atomic E-state index is -0.463. The van der Waals surface area contributed by atoms with E-state index >= 15 is 0 Å². The molecule has 0 spiro atoms. The zero-order valence-electron chi connectivity index (χ0n) is 15.9. The Hall–Kier alpha value is -1.61. The summed E-state index contributed by atoms with van der Waals surface area (Å²) >= 11 is 0. The van der Waals surface area contributed by atoms with Crippen LogP contribution in [0.1, 0.15) is 47.2 Å². The molecule has 25 heavy (non-hydrogen) atoms. The molecule has 0 atom stereocenters. The molecular formula is C17H27N3O4S. The van der Waals surface area contributed by atoms with Crippen molar-refractivity contribution in [3.63, 3.8) is 0 Å². The second-order valence-corrected chi connectivity index (χ2v) is 8.32. The number of nitrogens with zero attached hydrogens (tertiary/aromatic N) is 3. The molecule has 0 radical (unpaired) electrons. The summed E-state index contributed by atoms with van der Waals surface area (Å²) in [5, 5.41) is 11.4. The van der Waals surface area contributed by atoms with Crippen molar-refractivity contribution in [2.75, 3.05) is 7.05 Å². The Labute approximate surface area is 152 Å². The summed E-state index contributed by atoms with van der Waals surface area (Å²) in [6.07, 6.45) is 1.26. The summed E-state index contributed by atoms with van der Waals surface area (Å²) < 4.78 is 11.6. The lowest BCUT2D eigenvalue weighted by Crippen LogP contribution is -2.34. The van der Waals surface area contributed by atoms with Crippen molar-refractivity contribution >= 4 is 27.4 Å². The van der Waals surface area contributed by atoms with Gasteiger partial charge in [0.25, 0.3) is 5.69 Å². The van der Waals surface area contributed by atoms with Crippen molar-refractivity contribution in [2.24, 2.45) is 0 Å². The molecule has 0 aliphatic carbocycles. The number of rotatable bonds is 4. The number of aromatic nitrogens is 1. The zero-order chi connectivity index (χ0) is 19.3. The topological polar surface area (TPSA) is 77.7 Å². The Balaban J connectivity index is 2.96. The maximum absolute atomic E-state index is 10.7. The van der Waals surface area contributed by atoms with Crippen molar-refractivity contribution in [1.29, 1.82) is 0 Å². The van der Waals surface area contributed by atoms with Crippen molar-refractivity contribution in [2.45, 2.75) is 59.3 Å². The lowest BCUT2D eigenvalue weighted by atomic mass is 10.2. The third-order valence-corrected chi connectivity index (χ3v) is 3.46. The van der Waals surface area contributed by atoms with Gasteiger partial charge in [-0.3, -0.25) is 15.1 Å². The second kappa shape index (κ2) is 8.66. The summed E-state index contributed by atoms with van der Waals surface area (Å²) in [4.78, 5) is 16.3. The predicted octanol–water partition coefficient (Wildman–Crippen LogP) is 3.63. The molecule has 0 aliphatic heterocycles. The second-order valence-electron chi connectivity index (χ2n) is 7.55. The van der Waals surface area contributed by atoms with E-state index in [-0.39, 0.29) is 16.9 Å². The van der Waals surface area contributed by atoms with E-state index in [2.05, 4.69) is 4.98 Å². The Bertz CT molecular complexity index is 654. The highest BCUT2D eigenvalue weighted by Gasteiger charge is 2.18. The summed E-state index contributed by atoms with van der Waals surface area (Å²) in [5.74, 6) is 0. The van der Waals surface area contributed by atoms with Crippen molar-refractivity contribution in [3.8, 4) is 0 Å². The molecule has 1 aromatic rings. The molecule has 0 bridgehead atoms. The molecule has 0 unspecified atom stereocenters. The lowest BCUT2D eigenvalue weighted by molar-refractivity contribution is -0.385. The van der Waals surface area contributed by atoms with Gasteiger partial charge in [0.05, 0.1) is 27.4 Å². The molecule has 0 saturated heterocycles. The van der Waals surface area contributed by atoms with E-state index in [0.717, 1.165) is 0 Å². The SMILES string of the molecule is CN(Cc1ccc([N+](=O)[O-])cn1)C(OC(C)(C)C)=S=COC(C)(C)C. The van der Waals surface area contributed by atoms with E-state index in [9.17, 15) is 10.1 Å². The van der Waals surface area contributed by atoms with E-state index in [1.165, 1.54) is 23.2 Å². The van der Waals surface area contributed by atoms with Gasteiger partial charge in [0.2, 0.25) is 0 Å². The quantitative estimate of drug-likeness (QED) is 0.458. The Morgan fingerprint density at radius 1 is 1.28 bits per heavy atom. The van der Waals surface area contributed by atoms with Crippen LogP contribution < -0.4 is 0 Å². The van der Waals surface area contributed by atoms with Gasteiger partial charge in [0.1, 0.15) is 6.20 Å². The largest absolute Gasteiger partial charge is 0.338 e. The molecule has 0 fully saturated rings. The van der Waals surface area contributed by atoms with E-state index in [4.69, 9.17) is 9.47 Å². The van der Waals surface area contributed by atoms with Crippen LogP contribution in [0.25, 0.3) is 0 Å². The van der Waals surface area contributed by atoms with Crippen LogP contribution in [-0.2, 0) is 16.0 Å². The maximum atomic E-state index is 10.7. The number of pyridine rings is 1. The van der Waals surface area contributed by atoms with Crippen LogP contribution in [0, 0.1) is 10.1 Å². The zero-order valence-corrected chi connectivity index (χ0v) is 16.7. The Morgan fingerprint density at radius 2 is 1.92 bits per heavy atom. The van der Waals surface area contributed by atoms with Crippen LogP contribution in [0.4, 0.5) is 5.69 Å². The van der Waals surface area contributed by atoms with Crippen LogP contribution >= 0.6 is 10.9 Å². The molecule has 1 rings (SSSR count). The van der Waals surface area contributed by atoms with Gasteiger partial charge < -0.3 is 9.47 Å². The summed E-state index contributed by atoms with van der Waals surface area (Å²) in [6.45, 7) is 12.3. The van der Waals surface area contributed by atoms with Gasteiger partial charge >= 0.3 is 0 Å². The average molecular weight is 369 g/mol. The van der Waals surface area contributed by atoms with Crippen molar-refractivity contribution in [3.05, 3.63) is 34.1 Å². The molecule has 7 nitrogen and oxygen atoms in total. The van der Waals surface area contributed by atoms with Gasteiger partial charge in [-0.2, -0.15) is 0 Å². The highest BCUT2D eigenvalue weighted by molar-refractivity contribution is 7.96. The normalized spacial score (nSPS) is 12.2. The van der Waals surface area contributed by atoms with Gasteiger partial charge in [0, 0.05) is 12.6 Å². The van der Waals surface area contributed by atoms with E-state index in [1.807, 2.05) is 53.5 Å². The number of ether oxygens (including phenoxy) is 2. The fraction of sp³-hybridized carbons (Fsp3) is 0.588. The lowest BCUT2D eigenvalue weighted by Gasteiger charge is -2.25. The molecule has 0 amide bonds. The molecule has 0 aliphatic rings. The molecule has 0 aromatic carbocycles. The fourth-order valence-electron chi connectivity index (χ4n) is 1.59. The third-order valence-electron chi connectivity index (χ3n) is 2.67. The first-order valence-corrected chi connectivity index (χ1v) is 8.78. The average Bonchev–Trinajstić information content (AvgIpc) is 2.44. The van der Waals surface area contributed by atoms with Crippen LogP contribution in [0.3, 0.4) is 0 Å². The first kappa shape index (κ1) is 21.4. The number of hydrogen-bond donors (Lipinski definition) is 0. The highest BCUT2D eigenvalue weighted by atomic mass is 32.1. The van der Waals surface area contributed by atoms with Crippen LogP contribution in [0.15, 0.2) is 18.3 Å². The van der Waals surface area contributed by atoms with Gasteiger partial charge in [-0.25, -0.2) is 4.90 Å². The molecule has 1 heterocycles. The Kier molecular flexibility index (Phi) is 7.43. The number of nitro groups is 1. The van der Waals surface area contributed by atoms with Crippen LogP contribution in [0.2, 0.25) is 0 Å². The first-order valence-electron chi connectivity index (χ1n) is 7.90. The highest BCUT2D eigenvalue weighted by Crippen LogP contribution is 2.14. The monoisotopic (exact) mass is 369 g/mol. The van der Waals surface area contributed by atoms with Crippen molar-refractivity contribution in [1.82, 2.24) is 9.88 Å². The van der Waals surface area contributed by atoms with Crippen LogP contribution in [0.5, 0.6) is 0 Å². The first-order chi connectivity index (χ1) is 11.4. The molecule has 8 heteroatoms.